The van der Waals surface area contributed by atoms with Gasteiger partial charge in [-0.2, -0.15) is 5.26 Å². The Kier molecular flexibility index (Phi) is 5.54. The molecule has 0 spiro atoms. The molecule has 0 aliphatic carbocycles. The zero-order chi connectivity index (χ0) is 21.8. The molecule has 2 heterocycles. The summed E-state index contributed by atoms with van der Waals surface area (Å²) in [6.07, 6.45) is 4.79. The fourth-order valence-electron chi connectivity index (χ4n) is 3.40. The molecule has 0 saturated heterocycles. The first-order valence-corrected chi connectivity index (χ1v) is 9.66. The van der Waals surface area contributed by atoms with Gasteiger partial charge < -0.3 is 10.5 Å². The fraction of sp³-hybridized carbons (Fsp3) is 0.125. The number of primary amides is 1. The van der Waals surface area contributed by atoms with E-state index in [0.717, 1.165) is 46.2 Å². The number of hydrogen-bond donors (Lipinski definition) is 1. The number of methoxy groups -OCH3 is 1. The quantitative estimate of drug-likeness (QED) is 0.521. The summed E-state index contributed by atoms with van der Waals surface area (Å²) in [5.41, 5.74) is 10.3. The highest BCUT2D eigenvalue weighted by atomic mass is 16.5. The van der Waals surface area contributed by atoms with Crippen molar-refractivity contribution in [2.45, 2.75) is 12.8 Å². The molecule has 0 fully saturated rings. The maximum atomic E-state index is 11.9. The SMILES string of the molecule is COc1ccc(-c2cc(C(N)=O)nc3cc(CCc4cnc(C#N)nc4)ccc23)cc1. The zero-order valence-electron chi connectivity index (χ0n) is 16.9. The lowest BCUT2D eigenvalue weighted by Gasteiger charge is -2.11. The normalized spacial score (nSPS) is 10.6. The molecular weight excluding hydrogens is 390 g/mol. The van der Waals surface area contributed by atoms with Gasteiger partial charge >= 0.3 is 0 Å². The number of nitrogens with zero attached hydrogens (tertiary/aromatic N) is 4. The second-order valence-corrected chi connectivity index (χ2v) is 7.03. The number of ether oxygens (including phenoxy) is 1. The lowest BCUT2D eigenvalue weighted by Crippen LogP contribution is -2.13. The van der Waals surface area contributed by atoms with E-state index in [1.807, 2.05) is 48.5 Å². The number of fused-ring (bicyclic) bond motifs is 1. The van der Waals surface area contributed by atoms with Gasteiger partial charge in [0.15, 0.2) is 0 Å². The van der Waals surface area contributed by atoms with Gasteiger partial charge in [-0.1, -0.05) is 24.3 Å². The fourth-order valence-corrected chi connectivity index (χ4v) is 3.40. The maximum absolute atomic E-state index is 11.9. The number of nitrogens with two attached hydrogens (primary N) is 1. The van der Waals surface area contributed by atoms with Gasteiger partial charge in [0.25, 0.3) is 5.91 Å². The van der Waals surface area contributed by atoms with E-state index < -0.39 is 5.91 Å². The number of rotatable bonds is 6. The van der Waals surface area contributed by atoms with Gasteiger partial charge in [0.1, 0.15) is 17.5 Å². The minimum absolute atomic E-state index is 0.156. The van der Waals surface area contributed by atoms with Crippen LogP contribution < -0.4 is 10.5 Å². The Balaban J connectivity index is 1.69. The third kappa shape index (κ3) is 4.33. The Morgan fingerprint density at radius 2 is 1.74 bits per heavy atom. The average molecular weight is 409 g/mol. The van der Waals surface area contributed by atoms with E-state index in [4.69, 9.17) is 15.7 Å². The van der Waals surface area contributed by atoms with Gasteiger partial charge in [0.2, 0.25) is 5.82 Å². The first kappa shape index (κ1) is 20.0. The molecule has 0 aliphatic rings. The van der Waals surface area contributed by atoms with E-state index in [1.165, 1.54) is 0 Å². The van der Waals surface area contributed by atoms with Gasteiger partial charge in [-0.05, 0) is 59.4 Å². The predicted molar refractivity (Wildman–Crippen MR) is 116 cm³/mol. The molecule has 152 valence electrons. The third-order valence-electron chi connectivity index (χ3n) is 5.04. The van der Waals surface area contributed by atoms with Crippen LogP contribution in [0.4, 0.5) is 0 Å². The Hall–Kier alpha value is -4.31. The van der Waals surface area contributed by atoms with Gasteiger partial charge in [-0.25, -0.2) is 15.0 Å². The van der Waals surface area contributed by atoms with Crippen molar-refractivity contribution in [3.05, 3.63) is 83.6 Å². The molecule has 0 unspecified atom stereocenters. The number of benzene rings is 2. The number of aromatic nitrogens is 3. The van der Waals surface area contributed by atoms with Crippen LogP contribution in [-0.4, -0.2) is 28.0 Å². The topological polar surface area (TPSA) is 115 Å². The van der Waals surface area contributed by atoms with Gasteiger partial charge in [-0.15, -0.1) is 0 Å². The van der Waals surface area contributed by atoms with Crippen molar-refractivity contribution < 1.29 is 9.53 Å². The van der Waals surface area contributed by atoms with Crippen LogP contribution in [0.25, 0.3) is 22.0 Å². The van der Waals surface area contributed by atoms with E-state index in [2.05, 4.69) is 15.0 Å². The van der Waals surface area contributed by atoms with Gasteiger partial charge in [0, 0.05) is 17.8 Å². The number of aryl methyl sites for hydroxylation is 2. The predicted octanol–water partition coefficient (Wildman–Crippen LogP) is 3.46. The summed E-state index contributed by atoms with van der Waals surface area (Å²) < 4.78 is 5.24. The molecule has 0 aliphatic heterocycles. The first-order valence-electron chi connectivity index (χ1n) is 9.66. The lowest BCUT2D eigenvalue weighted by molar-refractivity contribution is 0.0996. The number of pyridine rings is 1. The van der Waals surface area contributed by atoms with E-state index in [-0.39, 0.29) is 11.5 Å². The second kappa shape index (κ2) is 8.59. The monoisotopic (exact) mass is 409 g/mol. The van der Waals surface area contributed by atoms with Crippen LogP contribution >= 0.6 is 0 Å². The standard InChI is InChI=1S/C24H19N5O2/c1-31-18-7-5-17(6-8-18)20-11-22(24(26)30)29-21-10-15(4-9-19(20)21)2-3-16-13-27-23(12-25)28-14-16/h4-11,13-14H,2-3H2,1H3,(H2,26,30). The number of nitriles is 1. The summed E-state index contributed by atoms with van der Waals surface area (Å²) in [4.78, 5) is 24.4. The van der Waals surface area contributed by atoms with Crippen LogP contribution in [0.5, 0.6) is 5.75 Å². The lowest BCUT2D eigenvalue weighted by atomic mass is 9.97. The molecule has 0 atom stereocenters. The van der Waals surface area contributed by atoms with Crippen LogP contribution in [0.15, 0.2) is 60.9 Å². The first-order chi connectivity index (χ1) is 15.1. The highest BCUT2D eigenvalue weighted by Gasteiger charge is 2.12. The van der Waals surface area contributed by atoms with Crippen LogP contribution in [0.1, 0.15) is 27.4 Å². The van der Waals surface area contributed by atoms with Crippen LogP contribution in [0.2, 0.25) is 0 Å². The summed E-state index contributed by atoms with van der Waals surface area (Å²) in [6, 6.07) is 17.3. The summed E-state index contributed by atoms with van der Waals surface area (Å²) in [5, 5.41) is 9.74. The molecule has 7 heteroatoms. The molecule has 0 saturated carbocycles. The molecule has 7 nitrogen and oxygen atoms in total. The minimum atomic E-state index is -0.572. The van der Waals surface area contributed by atoms with Crippen molar-refractivity contribution in [2.75, 3.05) is 7.11 Å². The summed E-state index contributed by atoms with van der Waals surface area (Å²) in [6.45, 7) is 0. The van der Waals surface area contributed by atoms with Crippen LogP contribution in [0, 0.1) is 11.3 Å². The summed E-state index contributed by atoms with van der Waals surface area (Å²) in [5.74, 6) is 0.340. The molecule has 4 aromatic rings. The molecule has 2 N–H and O–H groups in total. The van der Waals surface area contributed by atoms with Crippen molar-refractivity contribution in [2.24, 2.45) is 5.73 Å². The number of hydrogen-bond acceptors (Lipinski definition) is 6. The zero-order valence-corrected chi connectivity index (χ0v) is 16.9. The Bertz CT molecular complexity index is 1290. The number of amides is 1. The largest absolute Gasteiger partial charge is 0.497 e. The smallest absolute Gasteiger partial charge is 0.267 e. The number of carbonyl (C=O) groups excluding carboxylic acids is 1. The van der Waals surface area contributed by atoms with Crippen molar-refractivity contribution in [1.29, 1.82) is 5.26 Å². The molecule has 1 amide bonds. The van der Waals surface area contributed by atoms with Crippen molar-refractivity contribution in [3.63, 3.8) is 0 Å². The molecule has 2 aromatic carbocycles. The Morgan fingerprint density at radius 1 is 1.03 bits per heavy atom. The minimum Gasteiger partial charge on any atom is -0.497 e. The van der Waals surface area contributed by atoms with E-state index >= 15 is 0 Å². The highest BCUT2D eigenvalue weighted by Crippen LogP contribution is 2.30. The van der Waals surface area contributed by atoms with E-state index in [0.29, 0.717) is 5.52 Å². The van der Waals surface area contributed by atoms with Crippen molar-refractivity contribution in [3.8, 4) is 22.9 Å². The van der Waals surface area contributed by atoms with Crippen LogP contribution in [-0.2, 0) is 12.8 Å². The van der Waals surface area contributed by atoms with Gasteiger partial charge in [0.05, 0.1) is 12.6 Å². The second-order valence-electron chi connectivity index (χ2n) is 7.03. The van der Waals surface area contributed by atoms with Crippen molar-refractivity contribution >= 4 is 16.8 Å². The Labute approximate surface area is 179 Å². The van der Waals surface area contributed by atoms with E-state index in [9.17, 15) is 4.79 Å². The molecule has 4 rings (SSSR count). The van der Waals surface area contributed by atoms with Crippen LogP contribution in [0.3, 0.4) is 0 Å². The summed E-state index contributed by atoms with van der Waals surface area (Å²) >= 11 is 0. The molecule has 0 bridgehead atoms. The van der Waals surface area contributed by atoms with Gasteiger partial charge in [-0.3, -0.25) is 4.79 Å². The maximum Gasteiger partial charge on any atom is 0.267 e. The molecule has 2 aromatic heterocycles. The summed E-state index contributed by atoms with van der Waals surface area (Å²) in [7, 11) is 1.62. The molecular formula is C24H19N5O2. The number of carbonyl (C=O) groups is 1. The molecule has 0 radical (unpaired) electrons. The molecule has 31 heavy (non-hydrogen) atoms. The van der Waals surface area contributed by atoms with E-state index in [1.54, 1.807) is 25.6 Å². The highest BCUT2D eigenvalue weighted by molar-refractivity contribution is 6.01. The third-order valence-corrected chi connectivity index (χ3v) is 5.04. The Morgan fingerprint density at radius 3 is 2.39 bits per heavy atom. The van der Waals surface area contributed by atoms with Crippen molar-refractivity contribution in [1.82, 2.24) is 15.0 Å². The average Bonchev–Trinajstić information content (AvgIpc) is 2.82.